The van der Waals surface area contributed by atoms with Crippen LogP contribution in [0.25, 0.3) is 0 Å². The zero-order valence-electron chi connectivity index (χ0n) is 15.4. The van der Waals surface area contributed by atoms with Gasteiger partial charge < -0.3 is 24.3 Å². The second-order valence-electron chi connectivity index (χ2n) is 5.45. The fraction of sp³-hybridized carbons (Fsp3) is 0.300. The van der Waals surface area contributed by atoms with Crippen molar-refractivity contribution in [1.29, 1.82) is 0 Å². The van der Waals surface area contributed by atoms with Gasteiger partial charge in [0, 0.05) is 12.8 Å². The van der Waals surface area contributed by atoms with Gasteiger partial charge in [0.1, 0.15) is 18.1 Å². The van der Waals surface area contributed by atoms with Crippen molar-refractivity contribution >= 4 is 17.6 Å². The summed E-state index contributed by atoms with van der Waals surface area (Å²) in [6, 6.07) is 13.5. The molecule has 1 N–H and O–H groups in total. The fourth-order valence-electron chi connectivity index (χ4n) is 2.14. The Hall–Kier alpha value is -3.06. The Morgan fingerprint density at radius 3 is 2.11 bits per heavy atom. The SMILES string of the molecule is CCOc1ccc(OCC(=O)Nc2ccc(C(=O)OCCOC)cc2)cc1. The summed E-state index contributed by atoms with van der Waals surface area (Å²) < 4.78 is 20.6. The maximum atomic E-state index is 12.0. The average molecular weight is 373 g/mol. The lowest BCUT2D eigenvalue weighted by Crippen LogP contribution is -2.20. The summed E-state index contributed by atoms with van der Waals surface area (Å²) >= 11 is 0. The molecule has 0 unspecified atom stereocenters. The summed E-state index contributed by atoms with van der Waals surface area (Å²) in [5.74, 6) is 0.570. The Balaban J connectivity index is 1.78. The number of hydrogen-bond acceptors (Lipinski definition) is 6. The molecule has 0 heterocycles. The minimum absolute atomic E-state index is 0.130. The number of hydrogen-bond donors (Lipinski definition) is 1. The van der Waals surface area contributed by atoms with Crippen LogP contribution < -0.4 is 14.8 Å². The third-order valence-electron chi connectivity index (χ3n) is 3.43. The van der Waals surface area contributed by atoms with Crippen LogP contribution in [0.2, 0.25) is 0 Å². The van der Waals surface area contributed by atoms with Crippen LogP contribution in [0.3, 0.4) is 0 Å². The summed E-state index contributed by atoms with van der Waals surface area (Å²) in [6.45, 7) is 2.90. The van der Waals surface area contributed by atoms with Crippen molar-refractivity contribution in [3.8, 4) is 11.5 Å². The third-order valence-corrected chi connectivity index (χ3v) is 3.43. The first kappa shape index (κ1) is 20.3. The zero-order chi connectivity index (χ0) is 19.5. The first-order chi connectivity index (χ1) is 13.1. The normalized spacial score (nSPS) is 10.1. The van der Waals surface area contributed by atoms with Crippen molar-refractivity contribution in [3.05, 3.63) is 54.1 Å². The Bertz CT molecular complexity index is 727. The molecule has 7 heteroatoms. The molecule has 0 atom stereocenters. The molecule has 0 saturated carbocycles. The van der Waals surface area contributed by atoms with Crippen LogP contribution in [-0.2, 0) is 14.3 Å². The summed E-state index contributed by atoms with van der Waals surface area (Å²) in [7, 11) is 1.53. The van der Waals surface area contributed by atoms with Gasteiger partial charge in [0.25, 0.3) is 5.91 Å². The maximum absolute atomic E-state index is 12.0. The molecular weight excluding hydrogens is 350 g/mol. The molecule has 0 fully saturated rings. The number of benzene rings is 2. The summed E-state index contributed by atoms with van der Waals surface area (Å²) in [5.41, 5.74) is 0.957. The fourth-order valence-corrected chi connectivity index (χ4v) is 2.14. The minimum Gasteiger partial charge on any atom is -0.494 e. The largest absolute Gasteiger partial charge is 0.494 e. The van der Waals surface area contributed by atoms with Crippen LogP contribution in [0.4, 0.5) is 5.69 Å². The highest BCUT2D eigenvalue weighted by molar-refractivity contribution is 5.93. The molecule has 2 rings (SSSR count). The first-order valence-electron chi connectivity index (χ1n) is 8.54. The number of carbonyl (C=O) groups is 2. The van der Waals surface area contributed by atoms with Gasteiger partial charge in [0.15, 0.2) is 6.61 Å². The summed E-state index contributed by atoms with van der Waals surface area (Å²) in [6.07, 6.45) is 0. The van der Waals surface area contributed by atoms with Crippen LogP contribution in [0.5, 0.6) is 11.5 Å². The van der Waals surface area contributed by atoms with E-state index in [4.69, 9.17) is 18.9 Å². The van der Waals surface area contributed by atoms with E-state index in [1.54, 1.807) is 48.5 Å². The molecular formula is C20H23NO6. The standard InChI is InChI=1S/C20H23NO6/c1-3-25-17-8-10-18(11-9-17)27-14-19(22)21-16-6-4-15(5-7-16)20(23)26-13-12-24-2/h4-11H,3,12-14H2,1-2H3,(H,21,22). The molecule has 144 valence electrons. The smallest absolute Gasteiger partial charge is 0.338 e. The highest BCUT2D eigenvalue weighted by Gasteiger charge is 2.08. The zero-order valence-corrected chi connectivity index (χ0v) is 15.4. The molecule has 0 radical (unpaired) electrons. The average Bonchev–Trinajstić information content (AvgIpc) is 2.68. The number of carbonyl (C=O) groups excluding carboxylic acids is 2. The van der Waals surface area contributed by atoms with Gasteiger partial charge in [-0.15, -0.1) is 0 Å². The number of rotatable bonds is 10. The number of esters is 1. The summed E-state index contributed by atoms with van der Waals surface area (Å²) in [5, 5.41) is 2.70. The molecule has 27 heavy (non-hydrogen) atoms. The van der Waals surface area contributed by atoms with E-state index in [-0.39, 0.29) is 19.1 Å². The van der Waals surface area contributed by atoms with Gasteiger partial charge in [0.2, 0.25) is 0 Å². The van der Waals surface area contributed by atoms with E-state index in [1.165, 1.54) is 7.11 Å². The lowest BCUT2D eigenvalue weighted by Gasteiger charge is -2.09. The van der Waals surface area contributed by atoms with E-state index >= 15 is 0 Å². The van der Waals surface area contributed by atoms with E-state index in [0.717, 1.165) is 5.75 Å². The van der Waals surface area contributed by atoms with Gasteiger partial charge in [-0.2, -0.15) is 0 Å². The lowest BCUT2D eigenvalue weighted by molar-refractivity contribution is -0.118. The number of ether oxygens (including phenoxy) is 4. The Labute approximate surface area is 158 Å². The molecule has 0 aliphatic heterocycles. The van der Waals surface area contributed by atoms with E-state index in [0.29, 0.717) is 30.2 Å². The maximum Gasteiger partial charge on any atom is 0.338 e. The van der Waals surface area contributed by atoms with Gasteiger partial charge in [-0.3, -0.25) is 4.79 Å². The molecule has 2 aromatic rings. The Kier molecular flexibility index (Phi) is 8.12. The van der Waals surface area contributed by atoms with Crippen molar-refractivity contribution in [2.24, 2.45) is 0 Å². The van der Waals surface area contributed by atoms with Crippen molar-refractivity contribution < 1.29 is 28.5 Å². The minimum atomic E-state index is -0.441. The quantitative estimate of drug-likeness (QED) is 0.509. The molecule has 0 spiro atoms. The second kappa shape index (κ2) is 10.8. The molecule has 0 saturated heterocycles. The van der Waals surface area contributed by atoms with Gasteiger partial charge in [-0.05, 0) is 55.5 Å². The van der Waals surface area contributed by atoms with Gasteiger partial charge in [0.05, 0.1) is 18.8 Å². The number of methoxy groups -OCH3 is 1. The summed E-state index contributed by atoms with van der Waals surface area (Å²) in [4.78, 5) is 23.8. The topological polar surface area (TPSA) is 83.1 Å². The number of nitrogens with one attached hydrogen (secondary N) is 1. The van der Waals surface area contributed by atoms with Crippen molar-refractivity contribution in [2.45, 2.75) is 6.92 Å². The van der Waals surface area contributed by atoms with Crippen LogP contribution in [-0.4, -0.2) is 45.4 Å². The van der Waals surface area contributed by atoms with E-state index in [1.807, 2.05) is 6.92 Å². The lowest BCUT2D eigenvalue weighted by atomic mass is 10.2. The van der Waals surface area contributed by atoms with Gasteiger partial charge >= 0.3 is 5.97 Å². The second-order valence-corrected chi connectivity index (χ2v) is 5.45. The molecule has 0 aliphatic carbocycles. The molecule has 2 aromatic carbocycles. The van der Waals surface area contributed by atoms with Crippen LogP contribution in [0.1, 0.15) is 17.3 Å². The molecule has 0 bridgehead atoms. The van der Waals surface area contributed by atoms with Crippen molar-refractivity contribution in [1.82, 2.24) is 0 Å². The Morgan fingerprint density at radius 1 is 0.889 bits per heavy atom. The van der Waals surface area contributed by atoms with E-state index in [2.05, 4.69) is 5.32 Å². The van der Waals surface area contributed by atoms with Crippen molar-refractivity contribution in [2.75, 3.05) is 38.9 Å². The predicted molar refractivity (Wildman–Crippen MR) is 100 cm³/mol. The number of amides is 1. The third kappa shape index (κ3) is 6.99. The highest BCUT2D eigenvalue weighted by atomic mass is 16.6. The molecule has 7 nitrogen and oxygen atoms in total. The van der Waals surface area contributed by atoms with Crippen LogP contribution in [0.15, 0.2) is 48.5 Å². The number of anilines is 1. The van der Waals surface area contributed by atoms with Crippen LogP contribution >= 0.6 is 0 Å². The van der Waals surface area contributed by atoms with Gasteiger partial charge in [-0.1, -0.05) is 0 Å². The van der Waals surface area contributed by atoms with E-state index in [9.17, 15) is 9.59 Å². The monoisotopic (exact) mass is 373 g/mol. The molecule has 0 aliphatic rings. The molecule has 1 amide bonds. The molecule has 0 aromatic heterocycles. The van der Waals surface area contributed by atoms with Gasteiger partial charge in [-0.25, -0.2) is 4.79 Å². The first-order valence-corrected chi connectivity index (χ1v) is 8.54. The predicted octanol–water partition coefficient (Wildman–Crippen LogP) is 2.91. The van der Waals surface area contributed by atoms with Crippen molar-refractivity contribution in [3.63, 3.8) is 0 Å². The highest BCUT2D eigenvalue weighted by Crippen LogP contribution is 2.17. The van der Waals surface area contributed by atoms with Crippen LogP contribution in [0, 0.1) is 0 Å². The van der Waals surface area contributed by atoms with E-state index < -0.39 is 5.97 Å². The Morgan fingerprint density at radius 2 is 1.52 bits per heavy atom.